The highest BCUT2D eigenvalue weighted by molar-refractivity contribution is 5.35. The Balaban J connectivity index is 1.75. The third-order valence-electron chi connectivity index (χ3n) is 2.68. The summed E-state index contributed by atoms with van der Waals surface area (Å²) in [4.78, 5) is 6.32. The molecule has 82 valence electrons. The van der Waals surface area contributed by atoms with Gasteiger partial charge in [-0.15, -0.1) is 0 Å². The van der Waals surface area contributed by atoms with Crippen LogP contribution < -0.4 is 5.32 Å². The number of likely N-dealkylation sites (tertiary alicyclic amines) is 1. The standard InChI is InChI=1S/C11H16FN3/c12-10-4-3-5-13-11(10)14-6-9-15-7-1-2-8-15/h3-5H,1-2,6-9H2,(H,13,14). The Kier molecular flexibility index (Phi) is 3.50. The summed E-state index contributed by atoms with van der Waals surface area (Å²) in [5.74, 6) is 0.0793. The van der Waals surface area contributed by atoms with E-state index < -0.39 is 0 Å². The smallest absolute Gasteiger partial charge is 0.165 e. The van der Waals surface area contributed by atoms with Crippen molar-refractivity contribution in [3.8, 4) is 0 Å². The van der Waals surface area contributed by atoms with E-state index in [-0.39, 0.29) is 5.82 Å². The van der Waals surface area contributed by atoms with E-state index in [0.717, 1.165) is 13.1 Å². The van der Waals surface area contributed by atoms with Crippen LogP contribution in [0.4, 0.5) is 10.2 Å². The molecule has 3 nitrogen and oxygen atoms in total. The lowest BCUT2D eigenvalue weighted by Gasteiger charge is -2.14. The molecule has 1 aromatic heterocycles. The molecule has 1 saturated heterocycles. The Bertz CT molecular complexity index is 310. The van der Waals surface area contributed by atoms with Gasteiger partial charge in [-0.2, -0.15) is 0 Å². The van der Waals surface area contributed by atoms with Crippen LogP contribution in [0.5, 0.6) is 0 Å². The molecule has 0 bridgehead atoms. The van der Waals surface area contributed by atoms with Gasteiger partial charge in [0, 0.05) is 19.3 Å². The summed E-state index contributed by atoms with van der Waals surface area (Å²) < 4.78 is 13.2. The number of rotatable bonds is 4. The lowest BCUT2D eigenvalue weighted by molar-refractivity contribution is 0.352. The quantitative estimate of drug-likeness (QED) is 0.818. The molecule has 0 atom stereocenters. The Hall–Kier alpha value is -1.16. The number of halogens is 1. The fourth-order valence-corrected chi connectivity index (χ4v) is 1.85. The van der Waals surface area contributed by atoms with E-state index in [0.29, 0.717) is 5.82 Å². The van der Waals surface area contributed by atoms with Crippen molar-refractivity contribution >= 4 is 5.82 Å². The van der Waals surface area contributed by atoms with Gasteiger partial charge in [0.2, 0.25) is 0 Å². The van der Waals surface area contributed by atoms with Crippen molar-refractivity contribution in [2.24, 2.45) is 0 Å². The van der Waals surface area contributed by atoms with Crippen LogP contribution in [-0.2, 0) is 0 Å². The predicted octanol–water partition coefficient (Wildman–Crippen LogP) is 1.73. The van der Waals surface area contributed by atoms with Crippen LogP contribution in [-0.4, -0.2) is 36.1 Å². The van der Waals surface area contributed by atoms with Crippen molar-refractivity contribution in [1.82, 2.24) is 9.88 Å². The summed E-state index contributed by atoms with van der Waals surface area (Å²) in [5.41, 5.74) is 0. The average Bonchev–Trinajstić information content (AvgIpc) is 2.74. The van der Waals surface area contributed by atoms with Gasteiger partial charge in [-0.1, -0.05) is 0 Å². The van der Waals surface area contributed by atoms with Crippen molar-refractivity contribution in [1.29, 1.82) is 0 Å². The first-order valence-electron chi connectivity index (χ1n) is 5.43. The Morgan fingerprint density at radius 1 is 1.40 bits per heavy atom. The Labute approximate surface area is 89.3 Å². The van der Waals surface area contributed by atoms with E-state index in [2.05, 4.69) is 15.2 Å². The minimum Gasteiger partial charge on any atom is -0.366 e. The van der Waals surface area contributed by atoms with Gasteiger partial charge in [0.1, 0.15) is 0 Å². The molecule has 0 aliphatic carbocycles. The number of nitrogens with one attached hydrogen (secondary N) is 1. The zero-order valence-electron chi connectivity index (χ0n) is 8.75. The third-order valence-corrected chi connectivity index (χ3v) is 2.68. The number of hydrogen-bond acceptors (Lipinski definition) is 3. The van der Waals surface area contributed by atoms with E-state index in [1.165, 1.54) is 32.0 Å². The molecular weight excluding hydrogens is 193 g/mol. The maximum atomic E-state index is 13.2. The third kappa shape index (κ3) is 2.89. The largest absolute Gasteiger partial charge is 0.366 e. The molecular formula is C11H16FN3. The van der Waals surface area contributed by atoms with Crippen LogP contribution in [0.2, 0.25) is 0 Å². The first kappa shape index (κ1) is 10.4. The van der Waals surface area contributed by atoms with Crippen LogP contribution >= 0.6 is 0 Å². The SMILES string of the molecule is Fc1cccnc1NCCN1CCCC1. The normalized spacial score (nSPS) is 16.9. The van der Waals surface area contributed by atoms with Crippen LogP contribution in [0.25, 0.3) is 0 Å². The molecule has 0 aromatic carbocycles. The second kappa shape index (κ2) is 5.07. The lowest BCUT2D eigenvalue weighted by Crippen LogP contribution is -2.26. The molecule has 2 rings (SSSR count). The van der Waals surface area contributed by atoms with Crippen molar-refractivity contribution < 1.29 is 4.39 Å². The van der Waals surface area contributed by atoms with Crippen molar-refractivity contribution in [2.75, 3.05) is 31.5 Å². The Morgan fingerprint density at radius 2 is 2.20 bits per heavy atom. The van der Waals surface area contributed by atoms with Crippen molar-refractivity contribution in [2.45, 2.75) is 12.8 Å². The summed E-state index contributed by atoms with van der Waals surface area (Å²) in [6, 6.07) is 3.02. The van der Waals surface area contributed by atoms with E-state index >= 15 is 0 Å². The van der Waals surface area contributed by atoms with Gasteiger partial charge in [0.25, 0.3) is 0 Å². The zero-order chi connectivity index (χ0) is 10.5. The monoisotopic (exact) mass is 209 g/mol. The molecule has 0 amide bonds. The van der Waals surface area contributed by atoms with Crippen LogP contribution in [0.3, 0.4) is 0 Å². The predicted molar refractivity (Wildman–Crippen MR) is 58.4 cm³/mol. The van der Waals surface area contributed by atoms with E-state index in [1.54, 1.807) is 12.3 Å². The minimum absolute atomic E-state index is 0.279. The molecule has 1 N–H and O–H groups in total. The van der Waals surface area contributed by atoms with Gasteiger partial charge in [-0.25, -0.2) is 9.37 Å². The fourth-order valence-electron chi connectivity index (χ4n) is 1.85. The van der Waals surface area contributed by atoms with Crippen molar-refractivity contribution in [3.05, 3.63) is 24.1 Å². The molecule has 1 fully saturated rings. The number of hydrogen-bond donors (Lipinski definition) is 1. The zero-order valence-corrected chi connectivity index (χ0v) is 8.75. The summed E-state index contributed by atoms with van der Waals surface area (Å²) in [6.07, 6.45) is 4.18. The first-order valence-corrected chi connectivity index (χ1v) is 5.43. The van der Waals surface area contributed by atoms with Crippen LogP contribution in [0, 0.1) is 5.82 Å². The fraction of sp³-hybridized carbons (Fsp3) is 0.545. The molecule has 2 heterocycles. The molecule has 0 spiro atoms. The first-order chi connectivity index (χ1) is 7.36. The van der Waals surface area contributed by atoms with Gasteiger partial charge < -0.3 is 10.2 Å². The number of aromatic nitrogens is 1. The summed E-state index contributed by atoms with van der Waals surface area (Å²) in [7, 11) is 0. The molecule has 15 heavy (non-hydrogen) atoms. The number of pyridine rings is 1. The summed E-state index contributed by atoms with van der Waals surface area (Å²) >= 11 is 0. The van der Waals surface area contributed by atoms with Gasteiger partial charge in [0.15, 0.2) is 11.6 Å². The van der Waals surface area contributed by atoms with Crippen molar-refractivity contribution in [3.63, 3.8) is 0 Å². The summed E-state index contributed by atoms with van der Waals surface area (Å²) in [6.45, 7) is 4.07. The maximum absolute atomic E-state index is 13.2. The molecule has 0 radical (unpaired) electrons. The van der Waals surface area contributed by atoms with Gasteiger partial charge in [-0.3, -0.25) is 0 Å². The highest BCUT2D eigenvalue weighted by atomic mass is 19.1. The van der Waals surface area contributed by atoms with Crippen LogP contribution in [0.1, 0.15) is 12.8 Å². The molecule has 1 aromatic rings. The molecule has 0 saturated carbocycles. The highest BCUT2D eigenvalue weighted by Crippen LogP contribution is 2.09. The second-order valence-electron chi connectivity index (χ2n) is 3.81. The van der Waals surface area contributed by atoms with Gasteiger partial charge >= 0.3 is 0 Å². The highest BCUT2D eigenvalue weighted by Gasteiger charge is 2.10. The lowest BCUT2D eigenvalue weighted by atomic mass is 10.4. The topological polar surface area (TPSA) is 28.2 Å². The Morgan fingerprint density at radius 3 is 2.93 bits per heavy atom. The average molecular weight is 209 g/mol. The van der Waals surface area contributed by atoms with E-state index in [1.807, 2.05) is 0 Å². The van der Waals surface area contributed by atoms with E-state index in [4.69, 9.17) is 0 Å². The molecule has 0 unspecified atom stereocenters. The molecule has 4 heteroatoms. The molecule has 1 aliphatic heterocycles. The van der Waals surface area contributed by atoms with Gasteiger partial charge in [0.05, 0.1) is 0 Å². The molecule has 1 aliphatic rings. The minimum atomic E-state index is -0.279. The number of anilines is 1. The summed E-state index contributed by atoms with van der Waals surface area (Å²) in [5, 5.41) is 3.01. The van der Waals surface area contributed by atoms with Crippen LogP contribution in [0.15, 0.2) is 18.3 Å². The number of nitrogens with zero attached hydrogens (tertiary/aromatic N) is 2. The second-order valence-corrected chi connectivity index (χ2v) is 3.81. The van der Waals surface area contributed by atoms with E-state index in [9.17, 15) is 4.39 Å². The van der Waals surface area contributed by atoms with Gasteiger partial charge in [-0.05, 0) is 38.1 Å². The maximum Gasteiger partial charge on any atom is 0.165 e.